The van der Waals surface area contributed by atoms with Gasteiger partial charge in [-0.05, 0) is 49.1 Å². The number of benzene rings is 2. The summed E-state index contributed by atoms with van der Waals surface area (Å²) in [6.45, 7) is 3.69. The molecule has 0 radical (unpaired) electrons. The molecule has 0 atom stereocenters. The first-order valence-corrected chi connectivity index (χ1v) is 10.4. The van der Waals surface area contributed by atoms with Gasteiger partial charge >= 0.3 is 0 Å². The number of nitrogens with one attached hydrogen (secondary N) is 1. The Bertz CT molecular complexity index is 1170. The van der Waals surface area contributed by atoms with Crippen molar-refractivity contribution in [3.05, 3.63) is 58.5 Å². The van der Waals surface area contributed by atoms with Crippen LogP contribution in [0.5, 0.6) is 0 Å². The summed E-state index contributed by atoms with van der Waals surface area (Å²) in [5.41, 5.74) is 4.36. The van der Waals surface area contributed by atoms with E-state index in [1.165, 1.54) is 12.1 Å². The summed E-state index contributed by atoms with van der Waals surface area (Å²) >= 11 is 0. The fourth-order valence-corrected chi connectivity index (χ4v) is 4.74. The van der Waals surface area contributed by atoms with Crippen molar-refractivity contribution in [1.29, 1.82) is 0 Å². The number of aromatic nitrogens is 1. The van der Waals surface area contributed by atoms with E-state index in [1.807, 2.05) is 6.07 Å². The normalized spacial score (nSPS) is 16.4. The van der Waals surface area contributed by atoms with E-state index in [4.69, 9.17) is 4.52 Å². The molecule has 162 valence electrons. The number of halogens is 2. The van der Waals surface area contributed by atoms with Gasteiger partial charge in [-0.3, -0.25) is 14.9 Å². The molecule has 2 aliphatic rings. The molecule has 31 heavy (non-hydrogen) atoms. The molecule has 3 heterocycles. The molecule has 2 aliphatic heterocycles. The van der Waals surface area contributed by atoms with Gasteiger partial charge in [-0.25, -0.2) is 4.39 Å². The number of imide groups is 1. The summed E-state index contributed by atoms with van der Waals surface area (Å²) in [4.78, 5) is 26.7. The number of piperidine rings is 1. The third kappa shape index (κ3) is 3.57. The van der Waals surface area contributed by atoms with Crippen molar-refractivity contribution in [3.8, 4) is 0 Å². The highest BCUT2D eigenvalue weighted by Crippen LogP contribution is 2.37. The van der Waals surface area contributed by atoms with E-state index < -0.39 is 0 Å². The van der Waals surface area contributed by atoms with Gasteiger partial charge in [0.2, 0.25) is 0 Å². The zero-order chi connectivity index (χ0) is 20.8. The largest absolute Gasteiger partial charge is 0.371 e. The molecule has 5 rings (SSSR count). The molecule has 1 saturated heterocycles. The number of hydrogen-bond acceptors (Lipinski definition) is 5. The van der Waals surface area contributed by atoms with Crippen LogP contribution in [0, 0.1) is 5.82 Å². The van der Waals surface area contributed by atoms with E-state index in [9.17, 15) is 14.0 Å². The molecule has 0 bridgehead atoms. The molecule has 1 aromatic heterocycles. The minimum Gasteiger partial charge on any atom is -0.371 e. The second-order valence-electron chi connectivity index (χ2n) is 7.99. The first-order chi connectivity index (χ1) is 14.6. The van der Waals surface area contributed by atoms with Crippen LogP contribution in [0.25, 0.3) is 11.0 Å². The Balaban J connectivity index is 0.00000231. The molecule has 0 spiro atoms. The standard InChI is InChI=1S/C23H22FN3O3.ClH/c1-2-3-15-18(7-6-17-20(15)23(29)25-22(17)28)27-10-8-13(9-11-27)21-16-5-4-14(24)12-19(16)30-26-21;/h4-7,12-13H,2-3,8-11H2,1H3,(H,25,28,29);1H. The lowest BCUT2D eigenvalue weighted by molar-refractivity contribution is 0.0879. The molecule has 0 unspecified atom stereocenters. The van der Waals surface area contributed by atoms with Crippen LogP contribution in [0.1, 0.15) is 64.1 Å². The summed E-state index contributed by atoms with van der Waals surface area (Å²) < 4.78 is 18.8. The minimum atomic E-state index is -0.331. The topological polar surface area (TPSA) is 75.4 Å². The van der Waals surface area contributed by atoms with Gasteiger partial charge in [0.15, 0.2) is 5.58 Å². The van der Waals surface area contributed by atoms with Crippen LogP contribution >= 0.6 is 12.4 Å². The number of fused-ring (bicyclic) bond motifs is 2. The van der Waals surface area contributed by atoms with Gasteiger partial charge in [-0.15, -0.1) is 12.4 Å². The van der Waals surface area contributed by atoms with Crippen LogP contribution < -0.4 is 10.2 Å². The minimum absolute atomic E-state index is 0. The quantitative estimate of drug-likeness (QED) is 0.596. The van der Waals surface area contributed by atoms with Crippen molar-refractivity contribution in [3.63, 3.8) is 0 Å². The Morgan fingerprint density at radius 2 is 1.94 bits per heavy atom. The Labute approximate surface area is 185 Å². The fraction of sp³-hybridized carbons (Fsp3) is 0.348. The van der Waals surface area contributed by atoms with Gasteiger partial charge in [0.25, 0.3) is 11.8 Å². The van der Waals surface area contributed by atoms with Crippen LogP contribution in [0.3, 0.4) is 0 Å². The van der Waals surface area contributed by atoms with Gasteiger partial charge < -0.3 is 9.42 Å². The zero-order valence-electron chi connectivity index (χ0n) is 17.1. The summed E-state index contributed by atoms with van der Waals surface area (Å²) in [5.74, 6) is -0.701. The highest BCUT2D eigenvalue weighted by Gasteiger charge is 2.33. The fourth-order valence-electron chi connectivity index (χ4n) is 4.74. The van der Waals surface area contributed by atoms with Gasteiger partial charge in [0, 0.05) is 36.1 Å². The predicted molar refractivity (Wildman–Crippen MR) is 118 cm³/mol. The molecule has 2 aromatic carbocycles. The Kier molecular flexibility index (Phi) is 5.71. The van der Waals surface area contributed by atoms with E-state index >= 15 is 0 Å². The predicted octanol–water partition coefficient (Wildman–Crippen LogP) is 4.61. The van der Waals surface area contributed by atoms with Gasteiger partial charge in [-0.2, -0.15) is 0 Å². The zero-order valence-corrected chi connectivity index (χ0v) is 17.9. The Morgan fingerprint density at radius 1 is 1.16 bits per heavy atom. The first-order valence-electron chi connectivity index (χ1n) is 10.4. The van der Waals surface area contributed by atoms with Crippen LogP contribution in [0.2, 0.25) is 0 Å². The number of rotatable bonds is 4. The Hall–Kier alpha value is -2.93. The molecule has 2 amide bonds. The summed E-state index contributed by atoms with van der Waals surface area (Å²) in [6.07, 6.45) is 3.40. The van der Waals surface area contributed by atoms with Gasteiger partial charge in [0.05, 0.1) is 16.8 Å². The maximum Gasteiger partial charge on any atom is 0.259 e. The van der Waals surface area contributed by atoms with Crippen molar-refractivity contribution in [2.45, 2.75) is 38.5 Å². The van der Waals surface area contributed by atoms with Crippen molar-refractivity contribution < 1.29 is 18.5 Å². The summed E-state index contributed by atoms with van der Waals surface area (Å²) in [5, 5.41) is 7.51. The van der Waals surface area contributed by atoms with E-state index in [1.54, 1.807) is 12.1 Å². The van der Waals surface area contributed by atoms with Crippen LogP contribution in [-0.2, 0) is 6.42 Å². The molecule has 8 heteroatoms. The van der Waals surface area contributed by atoms with Crippen molar-refractivity contribution >= 4 is 40.9 Å². The average Bonchev–Trinajstić information content (AvgIpc) is 3.29. The van der Waals surface area contributed by atoms with Crippen LogP contribution in [0.4, 0.5) is 10.1 Å². The number of carbonyl (C=O) groups is 2. The SMILES string of the molecule is CCCc1c(N2CCC(c3noc4cc(F)ccc34)CC2)ccc2c1C(=O)NC2=O.Cl. The van der Waals surface area contributed by atoms with Crippen molar-refractivity contribution in [2.24, 2.45) is 0 Å². The van der Waals surface area contributed by atoms with E-state index in [0.717, 1.165) is 61.1 Å². The molecule has 0 aliphatic carbocycles. The third-order valence-electron chi connectivity index (χ3n) is 6.17. The monoisotopic (exact) mass is 443 g/mol. The first kappa shape index (κ1) is 21.3. The van der Waals surface area contributed by atoms with E-state index in [0.29, 0.717) is 16.7 Å². The van der Waals surface area contributed by atoms with E-state index in [-0.39, 0.29) is 36.0 Å². The highest BCUT2D eigenvalue weighted by atomic mass is 35.5. The number of hydrogen-bond donors (Lipinski definition) is 1. The maximum atomic E-state index is 13.4. The molecule has 6 nitrogen and oxygen atoms in total. The number of nitrogens with zero attached hydrogens (tertiary/aromatic N) is 2. The lowest BCUT2D eigenvalue weighted by Crippen LogP contribution is -2.34. The van der Waals surface area contributed by atoms with Crippen molar-refractivity contribution in [2.75, 3.05) is 18.0 Å². The van der Waals surface area contributed by atoms with Crippen LogP contribution in [0.15, 0.2) is 34.9 Å². The maximum absolute atomic E-state index is 13.4. The summed E-state index contributed by atoms with van der Waals surface area (Å²) in [6, 6.07) is 8.27. The second-order valence-corrected chi connectivity index (χ2v) is 7.99. The molecule has 3 aromatic rings. The lowest BCUT2D eigenvalue weighted by atomic mass is 9.90. The Morgan fingerprint density at radius 3 is 2.68 bits per heavy atom. The number of carbonyl (C=O) groups excluding carboxylic acids is 2. The lowest BCUT2D eigenvalue weighted by Gasteiger charge is -2.34. The number of anilines is 1. The van der Waals surface area contributed by atoms with Crippen LogP contribution in [-0.4, -0.2) is 30.1 Å². The van der Waals surface area contributed by atoms with E-state index in [2.05, 4.69) is 22.3 Å². The van der Waals surface area contributed by atoms with Gasteiger partial charge in [-0.1, -0.05) is 18.5 Å². The summed E-state index contributed by atoms with van der Waals surface area (Å²) in [7, 11) is 0. The van der Waals surface area contributed by atoms with Gasteiger partial charge in [0.1, 0.15) is 5.82 Å². The molecule has 1 N–H and O–H groups in total. The number of amides is 2. The molecule has 1 fully saturated rings. The second kappa shape index (κ2) is 8.30. The van der Waals surface area contributed by atoms with Crippen molar-refractivity contribution in [1.82, 2.24) is 10.5 Å². The molecular formula is C23H23ClFN3O3. The average molecular weight is 444 g/mol. The third-order valence-corrected chi connectivity index (χ3v) is 6.17. The molecule has 0 saturated carbocycles. The molecular weight excluding hydrogens is 421 g/mol. The highest BCUT2D eigenvalue weighted by molar-refractivity contribution is 6.22. The smallest absolute Gasteiger partial charge is 0.259 e.